The molecule has 6 aromatic rings. The summed E-state index contributed by atoms with van der Waals surface area (Å²) in [6, 6.07) is 20.3. The van der Waals surface area contributed by atoms with Gasteiger partial charge in [0.2, 0.25) is 0 Å². The maximum Gasteiger partial charge on any atom is 0.153 e. The maximum absolute atomic E-state index is 15.1. The van der Waals surface area contributed by atoms with Gasteiger partial charge in [-0.1, -0.05) is 17.3 Å². The molecular formula is C25H17FN8. The van der Waals surface area contributed by atoms with Gasteiger partial charge in [0.15, 0.2) is 5.82 Å². The van der Waals surface area contributed by atoms with Crippen LogP contribution in [0.5, 0.6) is 0 Å². The second-order valence-corrected chi connectivity index (χ2v) is 8.04. The molecule has 3 aromatic heterocycles. The number of aromatic amines is 1. The molecule has 164 valence electrons. The number of hydrogen-bond donors (Lipinski definition) is 1. The summed E-state index contributed by atoms with van der Waals surface area (Å²) < 4.78 is 18.6. The molecule has 9 heteroatoms. The van der Waals surface area contributed by atoms with Crippen molar-refractivity contribution < 1.29 is 4.39 Å². The average Bonchev–Trinajstić information content (AvgIpc) is 3.62. The lowest BCUT2D eigenvalue weighted by Gasteiger charge is -2.17. The topological polar surface area (TPSA) is 101 Å². The number of fused-ring (bicyclic) bond motifs is 2. The molecule has 0 bridgehead atoms. The van der Waals surface area contributed by atoms with Crippen LogP contribution in [0.3, 0.4) is 0 Å². The Balaban J connectivity index is 1.46. The number of hydrogen-bond acceptors (Lipinski definition) is 5. The van der Waals surface area contributed by atoms with Crippen molar-refractivity contribution in [3.8, 4) is 23.0 Å². The van der Waals surface area contributed by atoms with E-state index in [0.29, 0.717) is 16.6 Å². The third-order valence-corrected chi connectivity index (χ3v) is 6.03. The minimum absolute atomic E-state index is 0.123. The van der Waals surface area contributed by atoms with Crippen LogP contribution in [0.1, 0.15) is 24.1 Å². The zero-order valence-electron chi connectivity index (χ0n) is 18.0. The molecular weight excluding hydrogens is 431 g/mol. The lowest BCUT2D eigenvalue weighted by atomic mass is 10.1. The predicted molar refractivity (Wildman–Crippen MR) is 125 cm³/mol. The van der Waals surface area contributed by atoms with E-state index in [1.165, 1.54) is 6.07 Å². The summed E-state index contributed by atoms with van der Waals surface area (Å²) in [5.41, 5.74) is 5.35. The van der Waals surface area contributed by atoms with Crippen LogP contribution in [0, 0.1) is 17.1 Å². The zero-order valence-corrected chi connectivity index (χ0v) is 18.0. The van der Waals surface area contributed by atoms with Gasteiger partial charge in [0.05, 0.1) is 46.3 Å². The van der Waals surface area contributed by atoms with E-state index in [9.17, 15) is 0 Å². The second-order valence-electron chi connectivity index (χ2n) is 8.04. The van der Waals surface area contributed by atoms with Gasteiger partial charge in [-0.05, 0) is 61.0 Å². The molecule has 0 fully saturated rings. The Bertz CT molecular complexity index is 1700. The van der Waals surface area contributed by atoms with Crippen LogP contribution < -0.4 is 0 Å². The fourth-order valence-electron chi connectivity index (χ4n) is 4.21. The summed E-state index contributed by atoms with van der Waals surface area (Å²) in [6.07, 6.45) is 3.44. The number of H-pyrrole nitrogens is 1. The second kappa shape index (κ2) is 7.64. The van der Waals surface area contributed by atoms with Crippen molar-refractivity contribution in [2.24, 2.45) is 0 Å². The fourth-order valence-corrected chi connectivity index (χ4v) is 4.21. The van der Waals surface area contributed by atoms with Crippen LogP contribution in [0.2, 0.25) is 0 Å². The van der Waals surface area contributed by atoms with E-state index in [2.05, 4.69) is 31.7 Å². The highest BCUT2D eigenvalue weighted by atomic mass is 19.1. The Morgan fingerprint density at radius 2 is 1.91 bits per heavy atom. The first-order valence-corrected chi connectivity index (χ1v) is 10.6. The number of halogens is 1. The summed E-state index contributed by atoms with van der Waals surface area (Å²) in [6.45, 7) is 2.01. The van der Waals surface area contributed by atoms with Crippen LogP contribution in [-0.4, -0.2) is 35.0 Å². The highest BCUT2D eigenvalue weighted by Gasteiger charge is 2.18. The van der Waals surface area contributed by atoms with Crippen LogP contribution in [0.15, 0.2) is 73.1 Å². The van der Waals surface area contributed by atoms with E-state index in [1.54, 1.807) is 29.2 Å². The van der Waals surface area contributed by atoms with Gasteiger partial charge in [-0.2, -0.15) is 15.5 Å². The van der Waals surface area contributed by atoms with Gasteiger partial charge in [-0.3, -0.25) is 9.78 Å². The quantitative estimate of drug-likeness (QED) is 0.418. The van der Waals surface area contributed by atoms with E-state index in [0.717, 1.165) is 27.8 Å². The van der Waals surface area contributed by atoms with Gasteiger partial charge in [0.1, 0.15) is 5.52 Å². The van der Waals surface area contributed by atoms with Gasteiger partial charge < -0.3 is 0 Å². The van der Waals surface area contributed by atoms with Crippen molar-refractivity contribution in [2.45, 2.75) is 13.0 Å². The molecule has 0 spiro atoms. The van der Waals surface area contributed by atoms with Gasteiger partial charge in [-0.15, -0.1) is 5.10 Å². The first-order chi connectivity index (χ1) is 16.6. The minimum Gasteiger partial charge on any atom is -0.278 e. The molecule has 0 radical (unpaired) electrons. The van der Waals surface area contributed by atoms with Crippen molar-refractivity contribution in [1.82, 2.24) is 35.0 Å². The summed E-state index contributed by atoms with van der Waals surface area (Å²) in [5, 5.41) is 29.8. The first kappa shape index (κ1) is 19.8. The van der Waals surface area contributed by atoms with E-state index in [-0.39, 0.29) is 11.6 Å². The number of aromatic nitrogens is 7. The number of nitriles is 1. The molecule has 3 heterocycles. The number of rotatable bonds is 4. The molecule has 0 aliphatic rings. The van der Waals surface area contributed by atoms with E-state index >= 15 is 4.39 Å². The van der Waals surface area contributed by atoms with Crippen molar-refractivity contribution in [1.29, 1.82) is 5.26 Å². The molecule has 3 aromatic carbocycles. The Labute approximate surface area is 192 Å². The van der Waals surface area contributed by atoms with Gasteiger partial charge in [0.25, 0.3) is 0 Å². The van der Waals surface area contributed by atoms with Crippen molar-refractivity contribution in [3.05, 3.63) is 90.0 Å². The van der Waals surface area contributed by atoms with Crippen molar-refractivity contribution in [3.63, 3.8) is 0 Å². The summed E-state index contributed by atoms with van der Waals surface area (Å²) in [7, 11) is 0. The van der Waals surface area contributed by atoms with Crippen molar-refractivity contribution in [2.75, 3.05) is 0 Å². The Morgan fingerprint density at radius 3 is 2.74 bits per heavy atom. The van der Waals surface area contributed by atoms with Crippen LogP contribution in [-0.2, 0) is 0 Å². The Morgan fingerprint density at radius 1 is 1.06 bits per heavy atom. The summed E-state index contributed by atoms with van der Waals surface area (Å²) >= 11 is 0. The average molecular weight is 448 g/mol. The summed E-state index contributed by atoms with van der Waals surface area (Å²) in [5.74, 6) is -0.458. The third-order valence-electron chi connectivity index (χ3n) is 6.03. The molecule has 0 aliphatic carbocycles. The molecule has 0 amide bonds. The Kier molecular flexibility index (Phi) is 4.45. The van der Waals surface area contributed by atoms with E-state index < -0.39 is 5.82 Å². The van der Waals surface area contributed by atoms with Gasteiger partial charge in [-0.25, -0.2) is 9.07 Å². The molecule has 0 saturated carbocycles. The fraction of sp³-hybridized carbons (Fsp3) is 0.0800. The Hall–Kier alpha value is -4.84. The van der Waals surface area contributed by atoms with Crippen LogP contribution >= 0.6 is 0 Å². The monoisotopic (exact) mass is 448 g/mol. The summed E-state index contributed by atoms with van der Waals surface area (Å²) in [4.78, 5) is 0. The molecule has 0 aliphatic heterocycles. The number of nitrogens with zero attached hydrogens (tertiary/aromatic N) is 7. The van der Waals surface area contributed by atoms with Crippen LogP contribution in [0.4, 0.5) is 4.39 Å². The van der Waals surface area contributed by atoms with Gasteiger partial charge >= 0.3 is 0 Å². The zero-order chi connectivity index (χ0) is 23.2. The number of benzene rings is 3. The first-order valence-electron chi connectivity index (χ1n) is 10.6. The standard InChI is InChI=1S/C25H17FN8/c1-15(17-4-2-16(13-27)3-5-17)33-23(8-9-29-33)19-10-21(26)25-24(11-19)34(32-31-25)20-7-6-18-14-28-30-22(18)12-20/h2-12,14-15H,1H3,(H,28,30). The predicted octanol–water partition coefficient (Wildman–Crippen LogP) is 4.78. The lowest BCUT2D eigenvalue weighted by Crippen LogP contribution is -2.10. The molecule has 8 nitrogen and oxygen atoms in total. The molecule has 1 N–H and O–H groups in total. The maximum atomic E-state index is 15.1. The van der Waals surface area contributed by atoms with Crippen LogP contribution in [0.25, 0.3) is 38.9 Å². The lowest BCUT2D eigenvalue weighted by molar-refractivity contribution is 0.570. The molecule has 6 rings (SSSR count). The molecule has 0 saturated heterocycles. The SMILES string of the molecule is CC(c1ccc(C#N)cc1)n1nccc1-c1cc(F)c2nnn(-c3ccc4cn[nH]c4c3)c2c1. The largest absolute Gasteiger partial charge is 0.278 e. The highest BCUT2D eigenvalue weighted by Crippen LogP contribution is 2.30. The van der Waals surface area contributed by atoms with E-state index in [1.807, 2.05) is 54.1 Å². The van der Waals surface area contributed by atoms with Gasteiger partial charge in [0, 0.05) is 17.1 Å². The molecule has 34 heavy (non-hydrogen) atoms. The normalized spacial score (nSPS) is 12.3. The smallest absolute Gasteiger partial charge is 0.153 e. The highest BCUT2D eigenvalue weighted by molar-refractivity contribution is 5.85. The molecule has 1 unspecified atom stereocenters. The third kappa shape index (κ3) is 3.12. The minimum atomic E-state index is -0.458. The van der Waals surface area contributed by atoms with E-state index in [4.69, 9.17) is 5.26 Å². The number of nitrogens with one attached hydrogen (secondary N) is 1. The van der Waals surface area contributed by atoms with Crippen molar-refractivity contribution >= 4 is 21.9 Å². The molecule has 1 atom stereocenters.